The predicted octanol–water partition coefficient (Wildman–Crippen LogP) is 2.32. The summed E-state index contributed by atoms with van der Waals surface area (Å²) in [6, 6.07) is 15.0. The molecule has 0 saturated carbocycles. The second-order valence-corrected chi connectivity index (χ2v) is 8.35. The van der Waals surface area contributed by atoms with Crippen molar-refractivity contribution in [2.24, 2.45) is 0 Å². The Bertz CT molecular complexity index is 849. The third kappa shape index (κ3) is 3.85. The number of fused-ring (bicyclic) bond motifs is 1. The molecule has 0 saturated heterocycles. The molecule has 0 spiro atoms. The van der Waals surface area contributed by atoms with Crippen molar-refractivity contribution >= 4 is 21.6 Å². The van der Waals surface area contributed by atoms with Gasteiger partial charge in [-0.15, -0.1) is 0 Å². The number of carbonyl (C=O) groups excluding carboxylic acids is 1. The highest BCUT2D eigenvalue weighted by Gasteiger charge is 2.20. The number of amides is 1. The Morgan fingerprint density at radius 2 is 1.48 bits per heavy atom. The summed E-state index contributed by atoms with van der Waals surface area (Å²) in [7, 11) is -1.81. The molecule has 0 unspecified atom stereocenters. The van der Waals surface area contributed by atoms with Gasteiger partial charge in [0.05, 0.1) is 11.9 Å². The van der Waals surface area contributed by atoms with Gasteiger partial charge in [0.25, 0.3) is 5.91 Å². The lowest BCUT2D eigenvalue weighted by Crippen LogP contribution is -2.33. The zero-order valence-electron chi connectivity index (χ0n) is 14.5. The van der Waals surface area contributed by atoms with Crippen molar-refractivity contribution in [1.82, 2.24) is 4.90 Å². The van der Waals surface area contributed by atoms with E-state index in [-0.39, 0.29) is 5.91 Å². The van der Waals surface area contributed by atoms with E-state index in [2.05, 4.69) is 12.1 Å². The smallest absolute Gasteiger partial charge is 0.253 e. The molecule has 132 valence electrons. The second kappa shape index (κ2) is 6.88. The quantitative estimate of drug-likeness (QED) is 0.846. The normalized spacial score (nSPS) is 14.6. The zero-order valence-corrected chi connectivity index (χ0v) is 15.3. The molecule has 1 amide bonds. The Morgan fingerprint density at radius 1 is 0.960 bits per heavy atom. The molecular weight excluding hydrogens is 336 g/mol. The van der Waals surface area contributed by atoms with Crippen molar-refractivity contribution < 1.29 is 13.2 Å². The van der Waals surface area contributed by atoms with Crippen LogP contribution in [0, 0.1) is 0 Å². The lowest BCUT2D eigenvalue weighted by atomic mass is 10.0. The van der Waals surface area contributed by atoms with Gasteiger partial charge in [0.2, 0.25) is 10.0 Å². The van der Waals surface area contributed by atoms with Crippen LogP contribution in [0.3, 0.4) is 0 Å². The van der Waals surface area contributed by atoms with Crippen LogP contribution in [0.15, 0.2) is 48.5 Å². The first-order chi connectivity index (χ1) is 11.9. The summed E-state index contributed by atoms with van der Waals surface area (Å²) >= 11 is 0. The van der Waals surface area contributed by atoms with Crippen molar-refractivity contribution in [2.45, 2.75) is 12.8 Å². The molecule has 0 atom stereocenters. The first kappa shape index (κ1) is 17.5. The summed E-state index contributed by atoms with van der Waals surface area (Å²) < 4.78 is 24.4. The Hall–Kier alpha value is -2.34. The Morgan fingerprint density at radius 3 is 1.96 bits per heavy atom. The standard InChI is InChI=1S/C19H22N2O3S/c1-20(25(2,23)24)18-9-7-17(8-10-18)19(22)21-13-11-15-5-3-4-6-16(15)12-14-21/h3-10H,11-14H2,1-2H3. The topological polar surface area (TPSA) is 57.7 Å². The summed E-state index contributed by atoms with van der Waals surface area (Å²) in [5, 5.41) is 0. The summed E-state index contributed by atoms with van der Waals surface area (Å²) in [4.78, 5) is 14.6. The van der Waals surface area contributed by atoms with Gasteiger partial charge in [-0.05, 0) is 48.2 Å². The van der Waals surface area contributed by atoms with E-state index in [1.165, 1.54) is 22.5 Å². The Kier molecular flexibility index (Phi) is 4.81. The molecular formula is C19H22N2O3S. The second-order valence-electron chi connectivity index (χ2n) is 6.34. The van der Waals surface area contributed by atoms with E-state index < -0.39 is 10.0 Å². The number of hydrogen-bond donors (Lipinski definition) is 0. The molecule has 0 aliphatic carbocycles. The lowest BCUT2D eigenvalue weighted by Gasteiger charge is -2.21. The minimum atomic E-state index is -3.31. The van der Waals surface area contributed by atoms with Crippen molar-refractivity contribution in [3.63, 3.8) is 0 Å². The first-order valence-electron chi connectivity index (χ1n) is 8.26. The molecule has 3 rings (SSSR count). The third-order valence-corrected chi connectivity index (χ3v) is 5.89. The average molecular weight is 358 g/mol. The number of benzene rings is 2. The van der Waals surface area contributed by atoms with Crippen LogP contribution in [0.5, 0.6) is 0 Å². The number of sulfonamides is 1. The van der Waals surface area contributed by atoms with Crippen molar-refractivity contribution in [3.8, 4) is 0 Å². The molecule has 1 aliphatic heterocycles. The zero-order chi connectivity index (χ0) is 18.0. The molecule has 0 N–H and O–H groups in total. The van der Waals surface area contributed by atoms with Crippen LogP contribution in [0.4, 0.5) is 5.69 Å². The van der Waals surface area contributed by atoms with Gasteiger partial charge in [0, 0.05) is 25.7 Å². The maximum Gasteiger partial charge on any atom is 0.253 e. The molecule has 25 heavy (non-hydrogen) atoms. The highest BCUT2D eigenvalue weighted by molar-refractivity contribution is 7.92. The van der Waals surface area contributed by atoms with Gasteiger partial charge in [-0.1, -0.05) is 24.3 Å². The van der Waals surface area contributed by atoms with Gasteiger partial charge in [-0.2, -0.15) is 0 Å². The molecule has 0 radical (unpaired) electrons. The fourth-order valence-electron chi connectivity index (χ4n) is 3.06. The maximum atomic E-state index is 12.8. The SMILES string of the molecule is CN(c1ccc(C(=O)N2CCc3ccccc3CC2)cc1)S(C)(=O)=O. The van der Waals surface area contributed by atoms with Crippen LogP contribution >= 0.6 is 0 Å². The summed E-state index contributed by atoms with van der Waals surface area (Å²) in [5.41, 5.74) is 3.74. The molecule has 2 aromatic carbocycles. The molecule has 5 nitrogen and oxygen atoms in total. The number of rotatable bonds is 3. The fraction of sp³-hybridized carbons (Fsp3) is 0.316. The van der Waals surface area contributed by atoms with Gasteiger partial charge in [-0.25, -0.2) is 8.42 Å². The Balaban J connectivity index is 1.74. The van der Waals surface area contributed by atoms with Crippen LogP contribution in [0.2, 0.25) is 0 Å². The molecule has 1 heterocycles. The van der Waals surface area contributed by atoms with Crippen LogP contribution < -0.4 is 4.31 Å². The van der Waals surface area contributed by atoms with E-state index in [1.54, 1.807) is 24.3 Å². The lowest BCUT2D eigenvalue weighted by molar-refractivity contribution is 0.0763. The van der Waals surface area contributed by atoms with Crippen molar-refractivity contribution in [3.05, 3.63) is 65.2 Å². The molecule has 0 bridgehead atoms. The largest absolute Gasteiger partial charge is 0.338 e. The molecule has 0 aromatic heterocycles. The van der Waals surface area contributed by atoms with Crippen LogP contribution in [-0.2, 0) is 22.9 Å². The predicted molar refractivity (Wildman–Crippen MR) is 99.4 cm³/mol. The Labute approximate surface area is 148 Å². The van der Waals surface area contributed by atoms with E-state index in [0.717, 1.165) is 19.1 Å². The number of hydrogen-bond acceptors (Lipinski definition) is 3. The monoisotopic (exact) mass is 358 g/mol. The molecule has 6 heteroatoms. The minimum absolute atomic E-state index is 0.0126. The maximum absolute atomic E-state index is 12.8. The highest BCUT2D eigenvalue weighted by Crippen LogP contribution is 2.20. The van der Waals surface area contributed by atoms with Gasteiger partial charge in [-0.3, -0.25) is 9.10 Å². The average Bonchev–Trinajstić information content (AvgIpc) is 2.82. The van der Waals surface area contributed by atoms with Crippen LogP contribution in [0.25, 0.3) is 0 Å². The van der Waals surface area contributed by atoms with Gasteiger partial charge < -0.3 is 4.90 Å². The number of carbonyl (C=O) groups is 1. The number of nitrogens with zero attached hydrogens (tertiary/aromatic N) is 2. The van der Waals surface area contributed by atoms with Crippen molar-refractivity contribution in [2.75, 3.05) is 30.7 Å². The highest BCUT2D eigenvalue weighted by atomic mass is 32.2. The van der Waals surface area contributed by atoms with Crippen molar-refractivity contribution in [1.29, 1.82) is 0 Å². The van der Waals surface area contributed by atoms with Crippen LogP contribution in [0.1, 0.15) is 21.5 Å². The molecule has 0 fully saturated rings. The van der Waals surface area contributed by atoms with E-state index in [4.69, 9.17) is 0 Å². The summed E-state index contributed by atoms with van der Waals surface area (Å²) in [6.45, 7) is 1.39. The van der Waals surface area contributed by atoms with E-state index >= 15 is 0 Å². The van der Waals surface area contributed by atoms with E-state index in [0.29, 0.717) is 24.3 Å². The molecule has 2 aromatic rings. The summed E-state index contributed by atoms with van der Waals surface area (Å²) in [6.07, 6.45) is 2.87. The van der Waals surface area contributed by atoms with Crippen LogP contribution in [-0.4, -0.2) is 45.6 Å². The van der Waals surface area contributed by atoms with E-state index in [9.17, 15) is 13.2 Å². The van der Waals surface area contributed by atoms with Gasteiger partial charge in [0.15, 0.2) is 0 Å². The van der Waals surface area contributed by atoms with E-state index in [1.807, 2.05) is 17.0 Å². The van der Waals surface area contributed by atoms with Gasteiger partial charge in [0.1, 0.15) is 0 Å². The minimum Gasteiger partial charge on any atom is -0.338 e. The molecule has 1 aliphatic rings. The number of anilines is 1. The fourth-order valence-corrected chi connectivity index (χ4v) is 3.56. The summed E-state index contributed by atoms with van der Waals surface area (Å²) in [5.74, 6) is -0.0126. The third-order valence-electron chi connectivity index (χ3n) is 4.68. The van der Waals surface area contributed by atoms with Gasteiger partial charge >= 0.3 is 0 Å². The first-order valence-corrected chi connectivity index (χ1v) is 10.1.